The van der Waals surface area contributed by atoms with Crippen LogP contribution in [0.4, 0.5) is 5.69 Å². The van der Waals surface area contributed by atoms with Crippen LogP contribution < -0.4 is 15.0 Å². The Kier molecular flexibility index (Phi) is 7.26. The summed E-state index contributed by atoms with van der Waals surface area (Å²) in [5.41, 5.74) is 5.06. The molecule has 1 aliphatic heterocycles. The van der Waals surface area contributed by atoms with Crippen LogP contribution in [0.5, 0.6) is 5.75 Å². The highest BCUT2D eigenvalue weighted by molar-refractivity contribution is 5.95. The molecule has 0 radical (unpaired) electrons. The number of piperazine rings is 1. The van der Waals surface area contributed by atoms with Crippen molar-refractivity contribution in [3.8, 4) is 5.75 Å². The number of nitrogens with one attached hydrogen (secondary N) is 1. The van der Waals surface area contributed by atoms with E-state index in [1.807, 2.05) is 6.92 Å². The van der Waals surface area contributed by atoms with Gasteiger partial charge in [-0.05, 0) is 57.9 Å². The summed E-state index contributed by atoms with van der Waals surface area (Å²) in [5, 5.41) is 2.97. The van der Waals surface area contributed by atoms with E-state index in [4.69, 9.17) is 4.74 Å². The second-order valence-corrected chi connectivity index (χ2v) is 7.90. The molecule has 3 rings (SSSR count). The van der Waals surface area contributed by atoms with Crippen LogP contribution in [0.3, 0.4) is 0 Å². The third-order valence-corrected chi connectivity index (χ3v) is 5.79. The number of rotatable bonds is 7. The lowest BCUT2D eigenvalue weighted by atomic mass is 10.1. The first-order valence-electron chi connectivity index (χ1n) is 10.6. The number of methoxy groups -OCH3 is 1. The van der Waals surface area contributed by atoms with Crippen molar-refractivity contribution in [2.24, 2.45) is 0 Å². The van der Waals surface area contributed by atoms with Crippen molar-refractivity contribution in [3.63, 3.8) is 0 Å². The van der Waals surface area contributed by atoms with Gasteiger partial charge in [-0.2, -0.15) is 0 Å². The van der Waals surface area contributed by atoms with Crippen molar-refractivity contribution < 1.29 is 9.53 Å². The van der Waals surface area contributed by atoms with Crippen LogP contribution in [-0.4, -0.2) is 67.2 Å². The van der Waals surface area contributed by atoms with Crippen molar-refractivity contribution in [2.75, 3.05) is 51.3 Å². The van der Waals surface area contributed by atoms with Gasteiger partial charge < -0.3 is 15.0 Å². The molecule has 1 N–H and O–H groups in total. The molecule has 0 bridgehead atoms. The zero-order valence-electron chi connectivity index (χ0n) is 18.8. The SMILES string of the molecule is COc1c(C)nc(C)nc1C(=O)NCCCN1CCN(c2cccc(C)c2C)CC1. The fourth-order valence-electron chi connectivity index (χ4n) is 3.98. The third kappa shape index (κ3) is 5.08. The minimum absolute atomic E-state index is 0.208. The fourth-order valence-corrected chi connectivity index (χ4v) is 3.98. The number of hydrogen-bond donors (Lipinski definition) is 1. The quantitative estimate of drug-likeness (QED) is 0.707. The smallest absolute Gasteiger partial charge is 0.273 e. The van der Waals surface area contributed by atoms with E-state index in [0.29, 0.717) is 29.5 Å². The van der Waals surface area contributed by atoms with E-state index < -0.39 is 0 Å². The molecule has 7 nitrogen and oxygen atoms in total. The highest BCUT2D eigenvalue weighted by Gasteiger charge is 2.20. The summed E-state index contributed by atoms with van der Waals surface area (Å²) in [6, 6.07) is 6.53. The van der Waals surface area contributed by atoms with Gasteiger partial charge >= 0.3 is 0 Å². The number of anilines is 1. The number of carbonyl (C=O) groups excluding carboxylic acids is 1. The topological polar surface area (TPSA) is 70.6 Å². The normalized spacial score (nSPS) is 14.6. The molecular formula is C23H33N5O2. The standard InChI is InChI=1S/C23H33N5O2/c1-16-8-6-9-20(17(16)2)28-14-12-27(13-15-28)11-7-10-24-23(29)21-22(30-5)18(3)25-19(4)26-21/h6,8-9H,7,10-15H2,1-5H3,(H,24,29). The predicted molar refractivity (Wildman–Crippen MR) is 120 cm³/mol. The Morgan fingerprint density at radius 2 is 1.83 bits per heavy atom. The molecule has 7 heteroatoms. The van der Waals surface area contributed by atoms with Gasteiger partial charge in [0.2, 0.25) is 0 Å². The Morgan fingerprint density at radius 3 is 2.53 bits per heavy atom. The number of ether oxygens (including phenoxy) is 1. The maximum atomic E-state index is 12.5. The van der Waals surface area contributed by atoms with E-state index >= 15 is 0 Å². The summed E-state index contributed by atoms with van der Waals surface area (Å²) in [7, 11) is 1.54. The van der Waals surface area contributed by atoms with Crippen LogP contribution in [0.2, 0.25) is 0 Å². The second-order valence-electron chi connectivity index (χ2n) is 7.90. The highest BCUT2D eigenvalue weighted by Crippen LogP contribution is 2.24. The van der Waals surface area contributed by atoms with Gasteiger partial charge in [-0.25, -0.2) is 9.97 Å². The van der Waals surface area contributed by atoms with Crippen LogP contribution in [-0.2, 0) is 0 Å². The molecule has 30 heavy (non-hydrogen) atoms. The summed E-state index contributed by atoms with van der Waals surface area (Å²) in [6.07, 6.45) is 0.903. The molecule has 1 amide bonds. The highest BCUT2D eigenvalue weighted by atomic mass is 16.5. The summed E-state index contributed by atoms with van der Waals surface area (Å²) in [6.45, 7) is 13.7. The van der Waals surface area contributed by atoms with Crippen LogP contribution >= 0.6 is 0 Å². The molecule has 0 unspecified atom stereocenters. The lowest BCUT2D eigenvalue weighted by Gasteiger charge is -2.37. The minimum atomic E-state index is -0.208. The molecule has 1 aliphatic rings. The molecule has 0 saturated carbocycles. The molecule has 0 atom stereocenters. The van der Waals surface area contributed by atoms with Crippen LogP contribution in [0.15, 0.2) is 18.2 Å². The van der Waals surface area contributed by atoms with E-state index in [2.05, 4.69) is 57.1 Å². The first-order chi connectivity index (χ1) is 14.4. The van der Waals surface area contributed by atoms with Crippen molar-refractivity contribution >= 4 is 11.6 Å². The van der Waals surface area contributed by atoms with Gasteiger partial charge in [0.15, 0.2) is 11.4 Å². The zero-order chi connectivity index (χ0) is 21.7. The third-order valence-electron chi connectivity index (χ3n) is 5.79. The maximum absolute atomic E-state index is 12.5. The molecular weight excluding hydrogens is 378 g/mol. The van der Waals surface area contributed by atoms with Crippen molar-refractivity contribution in [1.29, 1.82) is 0 Å². The van der Waals surface area contributed by atoms with Crippen LogP contribution in [0, 0.1) is 27.7 Å². The van der Waals surface area contributed by atoms with Crippen molar-refractivity contribution in [1.82, 2.24) is 20.2 Å². The molecule has 162 valence electrons. The number of benzene rings is 1. The molecule has 1 aromatic carbocycles. The Morgan fingerprint density at radius 1 is 1.10 bits per heavy atom. The number of nitrogens with zero attached hydrogens (tertiary/aromatic N) is 4. The first kappa shape index (κ1) is 22.0. The van der Waals surface area contributed by atoms with Gasteiger partial charge in [-0.1, -0.05) is 12.1 Å². The molecule has 1 aromatic heterocycles. The summed E-state index contributed by atoms with van der Waals surface area (Å²) < 4.78 is 5.32. The maximum Gasteiger partial charge on any atom is 0.273 e. The van der Waals surface area contributed by atoms with E-state index in [1.165, 1.54) is 23.9 Å². The summed E-state index contributed by atoms with van der Waals surface area (Å²) in [4.78, 5) is 26.0. The number of carbonyl (C=O) groups is 1. The summed E-state index contributed by atoms with van der Waals surface area (Å²) >= 11 is 0. The van der Waals surface area contributed by atoms with E-state index in [-0.39, 0.29) is 5.91 Å². The van der Waals surface area contributed by atoms with E-state index in [1.54, 1.807) is 6.92 Å². The predicted octanol–water partition coefficient (Wildman–Crippen LogP) is 2.66. The molecule has 0 aliphatic carbocycles. The van der Waals surface area contributed by atoms with Gasteiger partial charge in [0.05, 0.1) is 12.8 Å². The Bertz CT molecular complexity index is 891. The monoisotopic (exact) mass is 411 g/mol. The van der Waals surface area contributed by atoms with Gasteiger partial charge in [-0.3, -0.25) is 9.69 Å². The van der Waals surface area contributed by atoms with Gasteiger partial charge in [0.1, 0.15) is 5.82 Å². The van der Waals surface area contributed by atoms with Gasteiger partial charge in [0.25, 0.3) is 5.91 Å². The molecule has 1 fully saturated rings. The second kappa shape index (κ2) is 9.89. The van der Waals surface area contributed by atoms with Crippen LogP contribution in [0.25, 0.3) is 0 Å². The first-order valence-corrected chi connectivity index (χ1v) is 10.6. The Labute approximate surface area is 179 Å². The molecule has 2 heterocycles. The van der Waals surface area contributed by atoms with E-state index in [9.17, 15) is 4.79 Å². The lowest BCUT2D eigenvalue weighted by molar-refractivity contribution is 0.0942. The molecule has 1 saturated heterocycles. The largest absolute Gasteiger partial charge is 0.492 e. The number of aryl methyl sites for hydroxylation is 3. The molecule has 0 spiro atoms. The summed E-state index contributed by atoms with van der Waals surface area (Å²) in [5.74, 6) is 0.807. The number of hydrogen-bond acceptors (Lipinski definition) is 6. The average Bonchev–Trinajstić information content (AvgIpc) is 2.73. The van der Waals surface area contributed by atoms with E-state index in [0.717, 1.165) is 39.1 Å². The number of aromatic nitrogens is 2. The van der Waals surface area contributed by atoms with Crippen LogP contribution in [0.1, 0.15) is 39.6 Å². The number of amides is 1. The fraction of sp³-hybridized carbons (Fsp3) is 0.522. The van der Waals surface area contributed by atoms with Crippen molar-refractivity contribution in [2.45, 2.75) is 34.1 Å². The minimum Gasteiger partial charge on any atom is -0.492 e. The lowest BCUT2D eigenvalue weighted by Crippen LogP contribution is -2.47. The Hall–Kier alpha value is -2.67. The zero-order valence-corrected chi connectivity index (χ0v) is 18.8. The van der Waals surface area contributed by atoms with Gasteiger partial charge in [0, 0.05) is 38.4 Å². The molecule has 2 aromatic rings. The van der Waals surface area contributed by atoms with Gasteiger partial charge in [-0.15, -0.1) is 0 Å². The Balaban J connectivity index is 1.44. The van der Waals surface area contributed by atoms with Crippen molar-refractivity contribution in [3.05, 3.63) is 46.5 Å². The average molecular weight is 412 g/mol.